The molecule has 1 N–H and O–H groups in total. The van der Waals surface area contributed by atoms with Gasteiger partial charge < -0.3 is 5.11 Å². The molecule has 0 aromatic rings. The minimum Gasteiger partial charge on any atom is -0.396 e. The summed E-state index contributed by atoms with van der Waals surface area (Å²) in [6, 6.07) is 2.01. The molecule has 1 heterocycles. The smallest absolute Gasteiger partial charge is 0.0446 e. The SMILES string of the molecule is CC(C)N1CCN(C2CCCC2)CC1CCO. The molecule has 1 saturated carbocycles. The van der Waals surface area contributed by atoms with Gasteiger partial charge in [-0.2, -0.15) is 0 Å². The maximum Gasteiger partial charge on any atom is 0.0446 e. The van der Waals surface area contributed by atoms with Crippen molar-refractivity contribution in [2.45, 2.75) is 64.1 Å². The van der Waals surface area contributed by atoms with Gasteiger partial charge in [0.2, 0.25) is 0 Å². The lowest BCUT2D eigenvalue weighted by molar-refractivity contribution is 0.0197. The summed E-state index contributed by atoms with van der Waals surface area (Å²) in [5.74, 6) is 0. The molecule has 0 bridgehead atoms. The Bertz CT molecular complexity index is 226. The monoisotopic (exact) mass is 240 g/mol. The van der Waals surface area contributed by atoms with Crippen molar-refractivity contribution in [3.63, 3.8) is 0 Å². The average molecular weight is 240 g/mol. The van der Waals surface area contributed by atoms with Gasteiger partial charge in [-0.3, -0.25) is 9.80 Å². The fourth-order valence-corrected chi connectivity index (χ4v) is 3.58. The van der Waals surface area contributed by atoms with Crippen molar-refractivity contribution in [1.29, 1.82) is 0 Å². The molecule has 0 aromatic carbocycles. The fraction of sp³-hybridized carbons (Fsp3) is 1.00. The molecule has 0 amide bonds. The molecule has 0 spiro atoms. The molecule has 2 rings (SSSR count). The molecule has 1 saturated heterocycles. The van der Waals surface area contributed by atoms with Crippen LogP contribution in [0.2, 0.25) is 0 Å². The molecule has 1 atom stereocenters. The Morgan fingerprint density at radius 1 is 1.18 bits per heavy atom. The zero-order chi connectivity index (χ0) is 12.3. The van der Waals surface area contributed by atoms with Gasteiger partial charge in [0.15, 0.2) is 0 Å². The van der Waals surface area contributed by atoms with Crippen molar-refractivity contribution in [2.75, 3.05) is 26.2 Å². The van der Waals surface area contributed by atoms with Crippen molar-refractivity contribution in [3.05, 3.63) is 0 Å². The summed E-state index contributed by atoms with van der Waals surface area (Å²) in [5, 5.41) is 9.22. The fourth-order valence-electron chi connectivity index (χ4n) is 3.58. The Kier molecular flexibility index (Phi) is 4.83. The van der Waals surface area contributed by atoms with Gasteiger partial charge in [0.25, 0.3) is 0 Å². The van der Waals surface area contributed by atoms with Crippen LogP contribution in [0.15, 0.2) is 0 Å². The van der Waals surface area contributed by atoms with E-state index in [1.54, 1.807) is 0 Å². The predicted molar refractivity (Wildman–Crippen MR) is 71.2 cm³/mol. The first-order valence-corrected chi connectivity index (χ1v) is 7.33. The minimum absolute atomic E-state index is 0.326. The van der Waals surface area contributed by atoms with Crippen LogP contribution in [0, 0.1) is 0 Å². The Morgan fingerprint density at radius 3 is 2.47 bits per heavy atom. The maximum absolute atomic E-state index is 9.22. The first kappa shape index (κ1) is 13.3. The number of piperazine rings is 1. The van der Waals surface area contributed by atoms with E-state index in [-0.39, 0.29) is 0 Å². The molecule has 1 unspecified atom stereocenters. The van der Waals surface area contributed by atoms with Crippen molar-refractivity contribution in [1.82, 2.24) is 9.80 Å². The largest absolute Gasteiger partial charge is 0.396 e. The molecule has 1 aliphatic carbocycles. The van der Waals surface area contributed by atoms with E-state index >= 15 is 0 Å². The van der Waals surface area contributed by atoms with Gasteiger partial charge in [-0.25, -0.2) is 0 Å². The van der Waals surface area contributed by atoms with Gasteiger partial charge in [0.1, 0.15) is 0 Å². The highest BCUT2D eigenvalue weighted by atomic mass is 16.3. The Hall–Kier alpha value is -0.120. The summed E-state index contributed by atoms with van der Waals surface area (Å²) in [6.45, 7) is 8.45. The lowest BCUT2D eigenvalue weighted by Gasteiger charge is -2.45. The van der Waals surface area contributed by atoms with Crippen LogP contribution >= 0.6 is 0 Å². The van der Waals surface area contributed by atoms with E-state index in [4.69, 9.17) is 0 Å². The summed E-state index contributed by atoms with van der Waals surface area (Å²) in [4.78, 5) is 5.26. The van der Waals surface area contributed by atoms with E-state index in [1.807, 2.05) is 0 Å². The molecular weight excluding hydrogens is 212 g/mol. The van der Waals surface area contributed by atoms with Crippen molar-refractivity contribution < 1.29 is 5.11 Å². The van der Waals surface area contributed by atoms with E-state index in [1.165, 1.54) is 45.3 Å². The highest BCUT2D eigenvalue weighted by molar-refractivity contribution is 4.88. The quantitative estimate of drug-likeness (QED) is 0.810. The van der Waals surface area contributed by atoms with Crippen molar-refractivity contribution >= 4 is 0 Å². The van der Waals surface area contributed by atoms with Gasteiger partial charge >= 0.3 is 0 Å². The third-order valence-corrected chi connectivity index (χ3v) is 4.53. The molecule has 1 aliphatic heterocycles. The topological polar surface area (TPSA) is 26.7 Å². The van der Waals surface area contributed by atoms with Crippen molar-refractivity contribution in [2.24, 2.45) is 0 Å². The predicted octanol–water partition coefficient (Wildman–Crippen LogP) is 1.71. The third kappa shape index (κ3) is 3.21. The summed E-state index contributed by atoms with van der Waals surface area (Å²) in [5.41, 5.74) is 0. The number of nitrogens with zero attached hydrogens (tertiary/aromatic N) is 2. The first-order valence-electron chi connectivity index (χ1n) is 7.33. The van der Waals surface area contributed by atoms with E-state index < -0.39 is 0 Å². The normalized spacial score (nSPS) is 29.3. The van der Waals surface area contributed by atoms with Crippen LogP contribution in [-0.4, -0.2) is 59.3 Å². The van der Waals surface area contributed by atoms with Crippen LogP contribution in [0.25, 0.3) is 0 Å². The van der Waals surface area contributed by atoms with Gasteiger partial charge in [-0.05, 0) is 33.1 Å². The van der Waals surface area contributed by atoms with Crippen LogP contribution in [0.3, 0.4) is 0 Å². The lowest BCUT2D eigenvalue weighted by Crippen LogP contribution is -2.57. The highest BCUT2D eigenvalue weighted by Crippen LogP contribution is 2.26. The maximum atomic E-state index is 9.22. The Balaban J connectivity index is 1.92. The van der Waals surface area contributed by atoms with Gasteiger partial charge in [-0.15, -0.1) is 0 Å². The minimum atomic E-state index is 0.326. The number of rotatable bonds is 4. The third-order valence-electron chi connectivity index (χ3n) is 4.53. The molecule has 2 fully saturated rings. The summed E-state index contributed by atoms with van der Waals surface area (Å²) >= 11 is 0. The second kappa shape index (κ2) is 6.17. The summed E-state index contributed by atoms with van der Waals surface area (Å²) in [7, 11) is 0. The van der Waals surface area contributed by atoms with Gasteiger partial charge in [0.05, 0.1) is 0 Å². The van der Waals surface area contributed by atoms with Crippen LogP contribution in [0.4, 0.5) is 0 Å². The number of aliphatic hydroxyl groups is 1. The van der Waals surface area contributed by atoms with Crippen LogP contribution < -0.4 is 0 Å². The molecule has 0 radical (unpaired) electrons. The van der Waals surface area contributed by atoms with Crippen LogP contribution in [0.1, 0.15) is 46.0 Å². The standard InChI is InChI=1S/C14H28N2O/c1-12(2)16-9-8-15(11-14(16)7-10-17)13-5-3-4-6-13/h12-14,17H,3-11H2,1-2H3. The first-order chi connectivity index (χ1) is 8.22. The highest BCUT2D eigenvalue weighted by Gasteiger charge is 2.32. The molecule has 17 heavy (non-hydrogen) atoms. The molecule has 3 heteroatoms. The number of hydrogen-bond acceptors (Lipinski definition) is 3. The second-order valence-corrected chi connectivity index (χ2v) is 5.93. The molecular formula is C14H28N2O. The Labute approximate surface area is 106 Å². The lowest BCUT2D eigenvalue weighted by atomic mass is 10.0. The zero-order valence-corrected chi connectivity index (χ0v) is 11.4. The summed E-state index contributed by atoms with van der Waals surface area (Å²) < 4.78 is 0. The number of hydrogen-bond donors (Lipinski definition) is 1. The molecule has 2 aliphatic rings. The average Bonchev–Trinajstić information content (AvgIpc) is 2.82. The van der Waals surface area contributed by atoms with E-state index in [2.05, 4.69) is 23.6 Å². The molecule has 3 nitrogen and oxygen atoms in total. The molecule has 100 valence electrons. The zero-order valence-electron chi connectivity index (χ0n) is 11.4. The van der Waals surface area contributed by atoms with Crippen LogP contribution in [-0.2, 0) is 0 Å². The van der Waals surface area contributed by atoms with Gasteiger partial charge in [-0.1, -0.05) is 12.8 Å². The summed E-state index contributed by atoms with van der Waals surface area (Å²) in [6.07, 6.45) is 6.56. The Morgan fingerprint density at radius 2 is 1.88 bits per heavy atom. The number of aliphatic hydroxyl groups excluding tert-OH is 1. The van der Waals surface area contributed by atoms with E-state index in [9.17, 15) is 5.11 Å². The van der Waals surface area contributed by atoms with Crippen LogP contribution in [0.5, 0.6) is 0 Å². The van der Waals surface area contributed by atoms with Crippen molar-refractivity contribution in [3.8, 4) is 0 Å². The van der Waals surface area contributed by atoms with Gasteiger partial charge in [0, 0.05) is 44.4 Å². The van der Waals surface area contributed by atoms with E-state index in [0.29, 0.717) is 18.7 Å². The van der Waals surface area contributed by atoms with E-state index in [0.717, 1.165) is 12.5 Å². The second-order valence-electron chi connectivity index (χ2n) is 5.93. The molecule has 0 aromatic heterocycles.